The lowest BCUT2D eigenvalue weighted by molar-refractivity contribution is -0.384. The van der Waals surface area contributed by atoms with Crippen molar-refractivity contribution in [3.8, 4) is 0 Å². The lowest BCUT2D eigenvalue weighted by atomic mass is 10.1. The van der Waals surface area contributed by atoms with Gasteiger partial charge in [0.15, 0.2) is 0 Å². The number of carbonyl (C=O) groups excluding carboxylic acids is 1. The first-order valence-electron chi connectivity index (χ1n) is 6.70. The Kier molecular flexibility index (Phi) is 3.92. The first-order chi connectivity index (χ1) is 9.43. The molecule has 6 nitrogen and oxygen atoms in total. The molecule has 1 fully saturated rings. The molecule has 108 valence electrons. The molecule has 0 aliphatic heterocycles. The van der Waals surface area contributed by atoms with E-state index in [9.17, 15) is 14.9 Å². The van der Waals surface area contributed by atoms with E-state index in [1.807, 2.05) is 0 Å². The molecule has 0 spiro atoms. The van der Waals surface area contributed by atoms with Crippen LogP contribution >= 0.6 is 0 Å². The fraction of sp³-hybridized carbons (Fsp3) is 0.500. The van der Waals surface area contributed by atoms with E-state index < -0.39 is 4.92 Å². The molecule has 2 atom stereocenters. The number of benzene rings is 1. The van der Waals surface area contributed by atoms with Crippen LogP contribution in [0.15, 0.2) is 18.2 Å². The summed E-state index contributed by atoms with van der Waals surface area (Å²) < 4.78 is 0. The van der Waals surface area contributed by atoms with Crippen molar-refractivity contribution in [3.05, 3.63) is 33.9 Å². The Morgan fingerprint density at radius 2 is 2.20 bits per heavy atom. The van der Waals surface area contributed by atoms with Crippen LogP contribution in [0.4, 0.5) is 11.4 Å². The normalized spacial score (nSPS) is 20.4. The molecular formula is C14H19N3O3. The van der Waals surface area contributed by atoms with Crippen LogP contribution in [0.1, 0.15) is 30.1 Å². The van der Waals surface area contributed by atoms with Gasteiger partial charge >= 0.3 is 0 Å². The van der Waals surface area contributed by atoms with Crippen molar-refractivity contribution in [3.63, 3.8) is 0 Å². The number of hydrogen-bond donors (Lipinski definition) is 1. The van der Waals surface area contributed by atoms with E-state index in [1.165, 1.54) is 11.0 Å². The summed E-state index contributed by atoms with van der Waals surface area (Å²) in [4.78, 5) is 24.0. The number of nitro benzene ring substituents is 1. The number of nitrogens with one attached hydrogen (secondary N) is 1. The number of amides is 1. The maximum absolute atomic E-state index is 11.8. The molecule has 1 N–H and O–H groups in total. The minimum absolute atomic E-state index is 0.0422. The van der Waals surface area contributed by atoms with Crippen molar-refractivity contribution in [2.75, 3.05) is 19.4 Å². The average molecular weight is 277 g/mol. The smallest absolute Gasteiger partial charge is 0.293 e. The second-order valence-electron chi connectivity index (χ2n) is 5.34. The van der Waals surface area contributed by atoms with Crippen molar-refractivity contribution < 1.29 is 9.72 Å². The Hall–Kier alpha value is -2.11. The largest absolute Gasteiger partial charge is 0.376 e. The fourth-order valence-electron chi connectivity index (χ4n) is 2.27. The highest BCUT2D eigenvalue weighted by Crippen LogP contribution is 2.38. The van der Waals surface area contributed by atoms with Crippen molar-refractivity contribution in [1.82, 2.24) is 4.90 Å². The highest BCUT2D eigenvalue weighted by atomic mass is 16.6. The Morgan fingerprint density at radius 1 is 1.50 bits per heavy atom. The average Bonchev–Trinajstić information content (AvgIpc) is 3.16. The standard InChI is InChI=1S/C14H19N3O3/c1-4-9-7-12(9)15-11-6-5-10(14(18)16(2)3)8-13(11)17(19)20/h5-6,8-9,12,15H,4,7H2,1-3H3. The fourth-order valence-corrected chi connectivity index (χ4v) is 2.27. The molecule has 0 heterocycles. The van der Waals surface area contributed by atoms with Crippen LogP contribution in [0.25, 0.3) is 0 Å². The molecule has 2 rings (SSSR count). The van der Waals surface area contributed by atoms with E-state index >= 15 is 0 Å². The molecular weight excluding hydrogens is 258 g/mol. The Labute approximate surface area is 117 Å². The first-order valence-corrected chi connectivity index (χ1v) is 6.70. The number of anilines is 1. The number of carbonyl (C=O) groups is 1. The van der Waals surface area contributed by atoms with Crippen LogP contribution in [0.3, 0.4) is 0 Å². The second kappa shape index (κ2) is 5.48. The summed E-state index contributed by atoms with van der Waals surface area (Å²) in [6.45, 7) is 2.11. The number of hydrogen-bond acceptors (Lipinski definition) is 4. The first kappa shape index (κ1) is 14.3. The predicted octanol–water partition coefficient (Wildman–Crippen LogP) is 2.51. The van der Waals surface area contributed by atoms with Crippen LogP contribution < -0.4 is 5.32 Å². The minimum Gasteiger partial charge on any atom is -0.376 e. The van der Waals surface area contributed by atoms with Gasteiger partial charge in [0.1, 0.15) is 5.69 Å². The minimum atomic E-state index is -0.446. The van der Waals surface area contributed by atoms with E-state index in [2.05, 4.69) is 12.2 Å². The van der Waals surface area contributed by atoms with Gasteiger partial charge < -0.3 is 10.2 Å². The van der Waals surface area contributed by atoms with Gasteiger partial charge in [0, 0.05) is 31.8 Å². The third-order valence-corrected chi connectivity index (χ3v) is 3.64. The van der Waals surface area contributed by atoms with Crippen LogP contribution in [0.5, 0.6) is 0 Å². The maximum Gasteiger partial charge on any atom is 0.293 e. The van der Waals surface area contributed by atoms with Crippen LogP contribution in [0, 0.1) is 16.0 Å². The summed E-state index contributed by atoms with van der Waals surface area (Å²) >= 11 is 0. The quantitative estimate of drug-likeness (QED) is 0.662. The number of nitro groups is 1. The van der Waals surface area contributed by atoms with E-state index in [4.69, 9.17) is 0 Å². The third kappa shape index (κ3) is 2.89. The molecule has 1 aliphatic carbocycles. The molecule has 2 unspecified atom stereocenters. The zero-order valence-corrected chi connectivity index (χ0v) is 11.9. The van der Waals surface area contributed by atoms with Gasteiger partial charge in [0.05, 0.1) is 4.92 Å². The SMILES string of the molecule is CCC1CC1Nc1ccc(C(=O)N(C)C)cc1[N+](=O)[O-]. The van der Waals surface area contributed by atoms with Crippen molar-refractivity contribution >= 4 is 17.3 Å². The van der Waals surface area contributed by atoms with Crippen molar-refractivity contribution in [1.29, 1.82) is 0 Å². The lowest BCUT2D eigenvalue weighted by Crippen LogP contribution is -2.21. The van der Waals surface area contributed by atoms with Crippen molar-refractivity contribution in [2.45, 2.75) is 25.8 Å². The zero-order valence-electron chi connectivity index (χ0n) is 11.9. The molecule has 1 saturated carbocycles. The molecule has 0 bridgehead atoms. The molecule has 1 amide bonds. The van der Waals surface area contributed by atoms with Gasteiger partial charge in [-0.1, -0.05) is 13.3 Å². The summed E-state index contributed by atoms with van der Waals surface area (Å²) in [5, 5.41) is 14.4. The molecule has 1 aliphatic rings. The Morgan fingerprint density at radius 3 is 2.70 bits per heavy atom. The van der Waals surface area contributed by atoms with Crippen molar-refractivity contribution in [2.24, 2.45) is 5.92 Å². The molecule has 0 radical (unpaired) electrons. The maximum atomic E-state index is 11.8. The molecule has 20 heavy (non-hydrogen) atoms. The summed E-state index contributed by atoms with van der Waals surface area (Å²) in [6, 6.07) is 4.91. The van der Waals surface area contributed by atoms with E-state index in [1.54, 1.807) is 26.2 Å². The van der Waals surface area contributed by atoms with Gasteiger partial charge in [0.25, 0.3) is 11.6 Å². The molecule has 0 saturated heterocycles. The lowest BCUT2D eigenvalue weighted by Gasteiger charge is -2.12. The van der Waals surface area contributed by atoms with E-state index in [0.29, 0.717) is 23.2 Å². The van der Waals surface area contributed by atoms with Crippen LogP contribution in [-0.2, 0) is 0 Å². The van der Waals surface area contributed by atoms with Gasteiger partial charge in [-0.15, -0.1) is 0 Å². The highest BCUT2D eigenvalue weighted by molar-refractivity contribution is 5.95. The van der Waals surface area contributed by atoms with Gasteiger partial charge in [-0.2, -0.15) is 0 Å². The van der Waals surface area contributed by atoms with Gasteiger partial charge in [-0.3, -0.25) is 14.9 Å². The van der Waals surface area contributed by atoms with Gasteiger partial charge in [-0.05, 0) is 24.5 Å². The van der Waals surface area contributed by atoms with E-state index in [-0.39, 0.29) is 11.6 Å². The summed E-state index contributed by atoms with van der Waals surface area (Å²) in [5.74, 6) is 0.357. The van der Waals surface area contributed by atoms with Gasteiger partial charge in [0.2, 0.25) is 0 Å². The summed E-state index contributed by atoms with van der Waals surface area (Å²) in [6.07, 6.45) is 2.12. The Bertz CT molecular complexity index is 542. The van der Waals surface area contributed by atoms with Crippen LogP contribution in [-0.4, -0.2) is 35.9 Å². The predicted molar refractivity (Wildman–Crippen MR) is 76.9 cm³/mol. The molecule has 0 aromatic heterocycles. The molecule has 1 aromatic rings. The van der Waals surface area contributed by atoms with Crippen LogP contribution in [0.2, 0.25) is 0 Å². The zero-order chi connectivity index (χ0) is 14.9. The van der Waals surface area contributed by atoms with Gasteiger partial charge in [-0.25, -0.2) is 0 Å². The monoisotopic (exact) mass is 277 g/mol. The summed E-state index contributed by atoms with van der Waals surface area (Å²) in [5.41, 5.74) is 0.779. The topological polar surface area (TPSA) is 75.5 Å². The number of nitrogens with zero attached hydrogens (tertiary/aromatic N) is 2. The molecule has 6 heteroatoms. The highest BCUT2D eigenvalue weighted by Gasteiger charge is 2.36. The summed E-state index contributed by atoms with van der Waals surface area (Å²) in [7, 11) is 3.24. The third-order valence-electron chi connectivity index (χ3n) is 3.64. The molecule has 1 aromatic carbocycles. The second-order valence-corrected chi connectivity index (χ2v) is 5.34. The number of rotatable bonds is 5. The Balaban J connectivity index is 2.24. The van der Waals surface area contributed by atoms with E-state index in [0.717, 1.165) is 12.8 Å².